The van der Waals surface area contributed by atoms with E-state index in [9.17, 15) is 0 Å². The molecule has 0 aliphatic rings. The Morgan fingerprint density at radius 3 is 2.74 bits per heavy atom. The third-order valence-electron chi connectivity index (χ3n) is 3.02. The Hall–Kier alpha value is -2.25. The second-order valence-electron chi connectivity index (χ2n) is 4.52. The summed E-state index contributed by atoms with van der Waals surface area (Å²) in [6.45, 7) is 2.80. The van der Waals surface area contributed by atoms with Crippen LogP contribution in [0, 0.1) is 0 Å². The van der Waals surface area contributed by atoms with Gasteiger partial charge in [0.25, 0.3) is 0 Å². The van der Waals surface area contributed by atoms with Gasteiger partial charge in [0.05, 0.1) is 23.4 Å². The number of halogens is 1. The highest BCUT2D eigenvalue weighted by Gasteiger charge is 2.17. The van der Waals surface area contributed by atoms with E-state index in [0.717, 1.165) is 33.7 Å². The number of methoxy groups -OCH3 is 1. The fraction of sp³-hybridized carbons (Fsp3) is 0.200. The summed E-state index contributed by atoms with van der Waals surface area (Å²) >= 11 is 7.42. The minimum Gasteiger partial charge on any atom is -0.497 e. The maximum atomic E-state index is 5.92. The van der Waals surface area contributed by atoms with Crippen molar-refractivity contribution < 1.29 is 4.74 Å². The number of ether oxygens (including phenoxy) is 1. The first-order chi connectivity index (χ1) is 11.2. The number of hydrogen-bond acceptors (Lipinski definition) is 7. The third kappa shape index (κ3) is 3.40. The van der Waals surface area contributed by atoms with Crippen LogP contribution < -0.4 is 10.1 Å². The first-order valence-corrected chi connectivity index (χ1v) is 8.14. The van der Waals surface area contributed by atoms with Gasteiger partial charge in [-0.2, -0.15) is 0 Å². The Bertz CT molecular complexity index is 823. The highest BCUT2D eigenvalue weighted by Crippen LogP contribution is 2.38. The van der Waals surface area contributed by atoms with E-state index in [0.29, 0.717) is 5.69 Å². The molecule has 0 saturated carbocycles. The largest absolute Gasteiger partial charge is 0.497 e. The number of hydrogen-bond donors (Lipinski definition) is 1. The Balaban J connectivity index is 2.14. The van der Waals surface area contributed by atoms with E-state index in [1.807, 2.05) is 13.0 Å². The van der Waals surface area contributed by atoms with E-state index in [4.69, 9.17) is 16.3 Å². The highest BCUT2D eigenvalue weighted by molar-refractivity contribution is 7.19. The molecule has 3 aromatic heterocycles. The zero-order chi connectivity index (χ0) is 16.2. The number of pyridine rings is 1. The van der Waals surface area contributed by atoms with Crippen LogP contribution in [-0.2, 0) is 0 Å². The van der Waals surface area contributed by atoms with Crippen LogP contribution in [0.25, 0.3) is 22.0 Å². The average molecular weight is 348 g/mol. The summed E-state index contributed by atoms with van der Waals surface area (Å²) in [5.41, 5.74) is 2.17. The Morgan fingerprint density at radius 2 is 2.00 bits per heavy atom. The van der Waals surface area contributed by atoms with Crippen LogP contribution in [-0.4, -0.2) is 33.6 Å². The van der Waals surface area contributed by atoms with Crippen molar-refractivity contribution in [2.45, 2.75) is 6.92 Å². The smallest absolute Gasteiger partial charge is 0.222 e. The molecule has 0 fully saturated rings. The SMILES string of the molecule is CCNc1nc(-c2cc(OC)ccn2)c(-c2ccnc(Cl)n2)s1. The minimum absolute atomic E-state index is 0.199. The van der Waals surface area contributed by atoms with E-state index < -0.39 is 0 Å². The number of nitrogens with zero attached hydrogens (tertiary/aromatic N) is 4. The van der Waals surface area contributed by atoms with Gasteiger partial charge in [0, 0.05) is 25.0 Å². The quantitative estimate of drug-likeness (QED) is 0.708. The number of anilines is 1. The fourth-order valence-corrected chi connectivity index (χ4v) is 3.18. The summed E-state index contributed by atoms with van der Waals surface area (Å²) in [5.74, 6) is 0.722. The van der Waals surface area contributed by atoms with Gasteiger partial charge in [0.1, 0.15) is 11.4 Å². The number of rotatable bonds is 5. The van der Waals surface area contributed by atoms with Gasteiger partial charge < -0.3 is 10.1 Å². The summed E-state index contributed by atoms with van der Waals surface area (Å²) in [4.78, 5) is 18.1. The molecule has 0 radical (unpaired) electrons. The molecule has 6 nitrogen and oxygen atoms in total. The highest BCUT2D eigenvalue weighted by atomic mass is 35.5. The monoisotopic (exact) mass is 347 g/mol. The molecule has 118 valence electrons. The molecule has 23 heavy (non-hydrogen) atoms. The molecule has 3 heterocycles. The molecule has 3 aromatic rings. The molecule has 0 bridgehead atoms. The number of aromatic nitrogens is 4. The van der Waals surface area contributed by atoms with E-state index in [2.05, 4.69) is 25.3 Å². The fourth-order valence-electron chi connectivity index (χ4n) is 2.02. The minimum atomic E-state index is 0.199. The van der Waals surface area contributed by atoms with Crippen molar-refractivity contribution >= 4 is 28.1 Å². The van der Waals surface area contributed by atoms with Gasteiger partial charge in [-0.1, -0.05) is 11.3 Å². The zero-order valence-electron chi connectivity index (χ0n) is 12.6. The van der Waals surface area contributed by atoms with Crippen molar-refractivity contribution in [1.82, 2.24) is 19.9 Å². The normalized spacial score (nSPS) is 10.6. The molecule has 0 aliphatic carbocycles. The molecule has 0 atom stereocenters. The van der Waals surface area contributed by atoms with E-state index in [-0.39, 0.29) is 5.28 Å². The third-order valence-corrected chi connectivity index (χ3v) is 4.24. The molecule has 0 unspecified atom stereocenters. The van der Waals surface area contributed by atoms with Crippen LogP contribution in [0.15, 0.2) is 30.6 Å². The second kappa shape index (κ2) is 6.89. The lowest BCUT2D eigenvalue weighted by Crippen LogP contribution is -1.95. The molecule has 0 spiro atoms. The number of thiazole rings is 1. The predicted octanol–water partition coefficient (Wildman–Crippen LogP) is 3.76. The van der Waals surface area contributed by atoms with Gasteiger partial charge in [0.2, 0.25) is 5.28 Å². The lowest BCUT2D eigenvalue weighted by atomic mass is 10.2. The van der Waals surface area contributed by atoms with E-state index >= 15 is 0 Å². The van der Waals surface area contributed by atoms with Crippen LogP contribution in [0.3, 0.4) is 0 Å². The summed E-state index contributed by atoms with van der Waals surface area (Å²) < 4.78 is 5.27. The summed E-state index contributed by atoms with van der Waals surface area (Å²) in [6, 6.07) is 5.44. The zero-order valence-corrected chi connectivity index (χ0v) is 14.1. The van der Waals surface area contributed by atoms with Gasteiger partial charge >= 0.3 is 0 Å². The van der Waals surface area contributed by atoms with Crippen LogP contribution in [0.1, 0.15) is 6.92 Å². The molecular weight excluding hydrogens is 334 g/mol. The Kier molecular flexibility index (Phi) is 4.68. The van der Waals surface area contributed by atoms with Crippen molar-refractivity contribution in [3.05, 3.63) is 35.9 Å². The van der Waals surface area contributed by atoms with Crippen LogP contribution >= 0.6 is 22.9 Å². The van der Waals surface area contributed by atoms with E-state index in [1.165, 1.54) is 11.3 Å². The lowest BCUT2D eigenvalue weighted by molar-refractivity contribution is 0.414. The molecule has 0 amide bonds. The first-order valence-electron chi connectivity index (χ1n) is 6.95. The molecule has 0 aliphatic heterocycles. The standard InChI is InChI=1S/C15H14ClN5OS/c1-3-17-15-21-12(11-8-9(22-2)4-6-18-11)13(23-15)10-5-7-19-14(16)20-10/h4-8H,3H2,1-2H3,(H,17,21). The molecule has 0 saturated heterocycles. The van der Waals surface area contributed by atoms with Gasteiger partial charge in [-0.25, -0.2) is 15.0 Å². The van der Waals surface area contributed by atoms with Crippen molar-refractivity contribution in [1.29, 1.82) is 0 Å². The van der Waals surface area contributed by atoms with Gasteiger partial charge in [0.15, 0.2) is 5.13 Å². The van der Waals surface area contributed by atoms with Crippen molar-refractivity contribution in [2.75, 3.05) is 19.0 Å². The van der Waals surface area contributed by atoms with Gasteiger partial charge in [-0.3, -0.25) is 4.98 Å². The molecular formula is C15H14ClN5OS. The summed E-state index contributed by atoms with van der Waals surface area (Å²) in [7, 11) is 1.62. The van der Waals surface area contributed by atoms with E-state index in [1.54, 1.807) is 31.6 Å². The Morgan fingerprint density at radius 1 is 1.17 bits per heavy atom. The average Bonchev–Trinajstić information content (AvgIpc) is 2.99. The molecule has 0 aromatic carbocycles. The van der Waals surface area contributed by atoms with Crippen molar-refractivity contribution in [3.8, 4) is 27.7 Å². The van der Waals surface area contributed by atoms with Crippen LogP contribution in [0.5, 0.6) is 5.75 Å². The maximum absolute atomic E-state index is 5.92. The molecule has 8 heteroatoms. The summed E-state index contributed by atoms with van der Waals surface area (Å²) in [5, 5.41) is 4.23. The first kappa shape index (κ1) is 15.6. The molecule has 1 N–H and O–H groups in total. The number of nitrogens with one attached hydrogen (secondary N) is 1. The maximum Gasteiger partial charge on any atom is 0.222 e. The van der Waals surface area contributed by atoms with Crippen LogP contribution in [0.2, 0.25) is 5.28 Å². The van der Waals surface area contributed by atoms with Gasteiger partial charge in [-0.05, 0) is 30.7 Å². The lowest BCUT2D eigenvalue weighted by Gasteiger charge is -2.04. The predicted molar refractivity (Wildman–Crippen MR) is 92.1 cm³/mol. The van der Waals surface area contributed by atoms with Gasteiger partial charge in [-0.15, -0.1) is 0 Å². The van der Waals surface area contributed by atoms with Crippen molar-refractivity contribution in [2.24, 2.45) is 0 Å². The van der Waals surface area contributed by atoms with Crippen molar-refractivity contribution in [3.63, 3.8) is 0 Å². The van der Waals surface area contributed by atoms with Crippen LogP contribution in [0.4, 0.5) is 5.13 Å². The summed E-state index contributed by atoms with van der Waals surface area (Å²) in [6.07, 6.45) is 3.32. The Labute approximate surface area is 142 Å². The topological polar surface area (TPSA) is 72.8 Å². The molecule has 3 rings (SSSR count). The second-order valence-corrected chi connectivity index (χ2v) is 5.86.